The topological polar surface area (TPSA) is 14.1 Å². The van der Waals surface area contributed by atoms with Crippen molar-refractivity contribution in [3.63, 3.8) is 0 Å². The molecule has 0 saturated carbocycles. The molecule has 0 amide bonds. The van der Waals surface area contributed by atoms with Crippen LogP contribution in [0, 0.1) is 13.8 Å². The molecule has 1 aromatic heterocycles. The van der Waals surface area contributed by atoms with Gasteiger partial charge in [-0.3, -0.25) is 0 Å². The smallest absolute Gasteiger partial charge is 0.211 e. The summed E-state index contributed by atoms with van der Waals surface area (Å²) >= 11 is 0. The molecule has 1 heteroatoms. The van der Waals surface area contributed by atoms with E-state index < -0.39 is 0 Å². The van der Waals surface area contributed by atoms with Crippen LogP contribution < -0.4 is 4.98 Å². The molecule has 1 N–H and O–H groups in total. The van der Waals surface area contributed by atoms with Crippen molar-refractivity contribution in [3.8, 4) is 22.4 Å². The average Bonchev–Trinajstić information content (AvgIpc) is 2.73. The van der Waals surface area contributed by atoms with Gasteiger partial charge in [0.05, 0.1) is 5.39 Å². The first-order valence-corrected chi connectivity index (χ1v) is 9.71. The Kier molecular flexibility index (Phi) is 3.95. The number of H-pyrrole nitrogens is 1. The van der Waals surface area contributed by atoms with Gasteiger partial charge in [0, 0.05) is 17.0 Å². The van der Waals surface area contributed by atoms with Crippen molar-refractivity contribution in [2.24, 2.45) is 0 Å². The second-order valence-corrected chi connectivity index (χ2v) is 7.50. The zero-order chi connectivity index (χ0) is 19.1. The highest BCUT2D eigenvalue weighted by Gasteiger charge is 2.15. The summed E-state index contributed by atoms with van der Waals surface area (Å²) in [6.07, 6.45) is 2.06. The maximum Gasteiger partial charge on any atom is 0.218 e. The van der Waals surface area contributed by atoms with Crippen LogP contribution in [0.4, 0.5) is 0 Å². The molecule has 0 bridgehead atoms. The van der Waals surface area contributed by atoms with Gasteiger partial charge in [0.25, 0.3) is 0 Å². The summed E-state index contributed by atoms with van der Waals surface area (Å²) in [6.45, 7) is 4.34. The van der Waals surface area contributed by atoms with Crippen LogP contribution >= 0.6 is 0 Å². The Labute approximate surface area is 165 Å². The van der Waals surface area contributed by atoms with Crippen molar-refractivity contribution in [1.29, 1.82) is 0 Å². The number of hydrogen-bond acceptors (Lipinski definition) is 0. The lowest BCUT2D eigenvalue weighted by Gasteiger charge is -2.09. The lowest BCUT2D eigenvalue weighted by Crippen LogP contribution is -2.06. The number of pyridine rings is 1. The highest BCUT2D eigenvalue weighted by Crippen LogP contribution is 2.33. The zero-order valence-corrected chi connectivity index (χ0v) is 16.2. The van der Waals surface area contributed by atoms with Gasteiger partial charge in [-0.1, -0.05) is 60.7 Å². The zero-order valence-electron chi connectivity index (χ0n) is 16.2. The average molecular weight is 360 g/mol. The van der Waals surface area contributed by atoms with Crippen LogP contribution in [-0.2, 0) is 0 Å². The molecule has 0 atom stereocenters. The minimum absolute atomic E-state index is 1.17. The largest absolute Gasteiger partial charge is 0.218 e. The molecule has 4 aromatic carbocycles. The third kappa shape index (κ3) is 2.76. The van der Waals surface area contributed by atoms with Gasteiger partial charge >= 0.3 is 0 Å². The van der Waals surface area contributed by atoms with E-state index in [0.29, 0.717) is 0 Å². The molecular formula is C27H22N+. The summed E-state index contributed by atoms with van der Waals surface area (Å²) < 4.78 is 0. The summed E-state index contributed by atoms with van der Waals surface area (Å²) in [4.78, 5) is 3.51. The summed E-state index contributed by atoms with van der Waals surface area (Å²) in [5.41, 5.74) is 7.46. The molecule has 0 aliphatic heterocycles. The summed E-state index contributed by atoms with van der Waals surface area (Å²) in [5, 5.41) is 5.17. The van der Waals surface area contributed by atoms with Crippen LogP contribution in [-0.4, -0.2) is 0 Å². The van der Waals surface area contributed by atoms with E-state index in [9.17, 15) is 0 Å². The van der Waals surface area contributed by atoms with E-state index >= 15 is 0 Å². The molecule has 0 aliphatic carbocycles. The van der Waals surface area contributed by atoms with Crippen molar-refractivity contribution in [1.82, 2.24) is 0 Å². The van der Waals surface area contributed by atoms with Crippen molar-refractivity contribution in [2.45, 2.75) is 13.8 Å². The molecule has 0 unspecified atom stereocenters. The van der Waals surface area contributed by atoms with Gasteiger partial charge in [-0.05, 0) is 65.1 Å². The first-order chi connectivity index (χ1) is 13.7. The molecule has 5 rings (SSSR count). The fraction of sp³-hybridized carbons (Fsp3) is 0.0741. The molecule has 5 aromatic rings. The number of hydrogen-bond donors (Lipinski definition) is 0. The normalized spacial score (nSPS) is 11.2. The molecule has 1 nitrogen and oxygen atoms in total. The van der Waals surface area contributed by atoms with E-state index in [4.69, 9.17) is 0 Å². The summed E-state index contributed by atoms with van der Waals surface area (Å²) in [5.74, 6) is 0. The van der Waals surface area contributed by atoms with E-state index in [1.807, 2.05) is 0 Å². The third-order valence-electron chi connectivity index (χ3n) is 5.54. The molecule has 28 heavy (non-hydrogen) atoms. The number of aryl methyl sites for hydroxylation is 2. The van der Waals surface area contributed by atoms with E-state index in [1.165, 1.54) is 55.1 Å². The minimum Gasteiger partial charge on any atom is -0.211 e. The Morgan fingerprint density at radius 2 is 1.29 bits per heavy atom. The number of rotatable bonds is 2. The maximum absolute atomic E-state index is 3.51. The Bertz CT molecular complexity index is 1320. The van der Waals surface area contributed by atoms with E-state index in [-0.39, 0.29) is 0 Å². The quantitative estimate of drug-likeness (QED) is 0.309. The number of aromatic amines is 1. The number of aromatic nitrogens is 1. The van der Waals surface area contributed by atoms with Crippen LogP contribution in [0.25, 0.3) is 43.9 Å². The van der Waals surface area contributed by atoms with Crippen LogP contribution in [0.5, 0.6) is 0 Å². The Morgan fingerprint density at radius 1 is 0.536 bits per heavy atom. The minimum atomic E-state index is 1.17. The van der Waals surface area contributed by atoms with Crippen LogP contribution in [0.1, 0.15) is 11.1 Å². The predicted molar refractivity (Wildman–Crippen MR) is 118 cm³/mol. The number of benzene rings is 4. The molecule has 0 fully saturated rings. The third-order valence-corrected chi connectivity index (χ3v) is 5.54. The fourth-order valence-corrected chi connectivity index (χ4v) is 4.19. The van der Waals surface area contributed by atoms with E-state index in [2.05, 4.69) is 110 Å². The monoisotopic (exact) mass is 360 g/mol. The number of nitrogens with one attached hydrogen (secondary N) is 1. The Balaban J connectivity index is 1.77. The van der Waals surface area contributed by atoms with E-state index in [1.54, 1.807) is 0 Å². The van der Waals surface area contributed by atoms with Crippen LogP contribution in [0.2, 0.25) is 0 Å². The molecule has 0 radical (unpaired) electrons. The molecule has 0 spiro atoms. The van der Waals surface area contributed by atoms with Gasteiger partial charge < -0.3 is 0 Å². The first kappa shape index (κ1) is 16.7. The summed E-state index contributed by atoms with van der Waals surface area (Å²) in [7, 11) is 0. The maximum atomic E-state index is 3.51. The summed E-state index contributed by atoms with van der Waals surface area (Å²) in [6, 6.07) is 30.6. The molecule has 134 valence electrons. The predicted octanol–water partition coefficient (Wildman–Crippen LogP) is 6.76. The van der Waals surface area contributed by atoms with Crippen LogP contribution in [0.15, 0.2) is 91.1 Å². The molecule has 0 saturated heterocycles. The van der Waals surface area contributed by atoms with Gasteiger partial charge in [0.1, 0.15) is 0 Å². The van der Waals surface area contributed by atoms with Crippen molar-refractivity contribution < 1.29 is 4.98 Å². The van der Waals surface area contributed by atoms with Crippen LogP contribution in [0.3, 0.4) is 0 Å². The second-order valence-electron chi connectivity index (χ2n) is 7.50. The SMILES string of the molecule is Cc1cc(-c2ccccc2)cc(-c2[nH+]ccc3c2ccc2c(C)cccc23)c1. The van der Waals surface area contributed by atoms with Crippen molar-refractivity contribution >= 4 is 21.5 Å². The van der Waals surface area contributed by atoms with Gasteiger partial charge in [-0.25, -0.2) is 4.98 Å². The lowest BCUT2D eigenvalue weighted by molar-refractivity contribution is -0.362. The first-order valence-electron chi connectivity index (χ1n) is 9.71. The van der Waals surface area contributed by atoms with Gasteiger partial charge in [0.2, 0.25) is 5.69 Å². The van der Waals surface area contributed by atoms with E-state index in [0.717, 1.165) is 0 Å². The van der Waals surface area contributed by atoms with Crippen molar-refractivity contribution in [3.05, 3.63) is 102 Å². The highest BCUT2D eigenvalue weighted by atomic mass is 14.7. The molecule has 0 aliphatic rings. The highest BCUT2D eigenvalue weighted by molar-refractivity contribution is 6.11. The number of fused-ring (bicyclic) bond motifs is 3. The second kappa shape index (κ2) is 6.61. The van der Waals surface area contributed by atoms with Crippen molar-refractivity contribution in [2.75, 3.05) is 0 Å². The van der Waals surface area contributed by atoms with Gasteiger partial charge in [0.15, 0.2) is 6.20 Å². The molecule has 1 heterocycles. The Morgan fingerprint density at radius 3 is 2.14 bits per heavy atom. The standard InChI is InChI=1S/C27H21N/c1-18-15-21(20-8-4-3-5-9-20)17-22(16-18)27-26-12-11-23-19(2)7-6-10-24(23)25(26)13-14-28-27/h3-17H,1-2H3/p+1. The lowest BCUT2D eigenvalue weighted by atomic mass is 9.94. The fourth-order valence-electron chi connectivity index (χ4n) is 4.19. The van der Waals surface area contributed by atoms with Gasteiger partial charge in [-0.2, -0.15) is 0 Å². The molecular weight excluding hydrogens is 338 g/mol. The Hall–Kier alpha value is -3.45. The van der Waals surface area contributed by atoms with Gasteiger partial charge in [-0.15, -0.1) is 0 Å².